The first kappa shape index (κ1) is 12.4. The van der Waals surface area contributed by atoms with Crippen LogP contribution in [0.2, 0.25) is 0 Å². The van der Waals surface area contributed by atoms with Crippen molar-refractivity contribution in [2.45, 2.75) is 58.3 Å². The highest BCUT2D eigenvalue weighted by Crippen LogP contribution is 2.66. The summed E-state index contributed by atoms with van der Waals surface area (Å²) < 4.78 is 0. The Kier molecular flexibility index (Phi) is 2.13. The Morgan fingerprint density at radius 1 is 1.11 bits per heavy atom. The quantitative estimate of drug-likeness (QED) is 0.611. The molecule has 0 aromatic carbocycles. The van der Waals surface area contributed by atoms with Gasteiger partial charge in [-0.3, -0.25) is 0 Å². The molecule has 0 aliphatic heterocycles. The zero-order chi connectivity index (χ0) is 13.5. The summed E-state index contributed by atoms with van der Waals surface area (Å²) in [7, 11) is 0. The van der Waals surface area contributed by atoms with Gasteiger partial charge in [0.15, 0.2) is 0 Å². The highest BCUT2D eigenvalue weighted by atomic mass is 16.3. The average molecular weight is 250 g/mol. The smallest absolute Gasteiger partial charge is 0.108 e. The molecule has 100 valence electrons. The molecule has 3 rings (SSSR count). The number of hydrogen-bond donors (Lipinski definition) is 3. The largest absolute Gasteiger partial charge is 0.388 e. The van der Waals surface area contributed by atoms with Crippen molar-refractivity contribution in [3.63, 3.8) is 0 Å². The fourth-order valence-corrected chi connectivity index (χ4v) is 3.94. The van der Waals surface area contributed by atoms with E-state index in [-0.39, 0.29) is 10.8 Å². The molecule has 3 heteroatoms. The monoisotopic (exact) mass is 250 g/mol. The molecule has 0 aromatic heterocycles. The van der Waals surface area contributed by atoms with Gasteiger partial charge in [-0.05, 0) is 37.8 Å². The third-order valence-electron chi connectivity index (χ3n) is 5.48. The van der Waals surface area contributed by atoms with Crippen LogP contribution in [0.1, 0.15) is 40.5 Å². The molecule has 3 aliphatic rings. The summed E-state index contributed by atoms with van der Waals surface area (Å²) in [6, 6.07) is 0. The van der Waals surface area contributed by atoms with Crippen LogP contribution in [-0.4, -0.2) is 33.1 Å². The van der Waals surface area contributed by atoms with Crippen molar-refractivity contribution < 1.29 is 15.3 Å². The molecule has 0 saturated heterocycles. The molecule has 0 bridgehead atoms. The lowest BCUT2D eigenvalue weighted by atomic mass is 9.66. The maximum atomic E-state index is 10.7. The Labute approximate surface area is 108 Å². The molecule has 3 aliphatic carbocycles. The summed E-state index contributed by atoms with van der Waals surface area (Å²) in [5.41, 5.74) is 0.863. The van der Waals surface area contributed by atoms with E-state index in [0.717, 1.165) is 29.6 Å². The van der Waals surface area contributed by atoms with Gasteiger partial charge < -0.3 is 15.3 Å². The van der Waals surface area contributed by atoms with E-state index in [0.29, 0.717) is 0 Å². The molecule has 18 heavy (non-hydrogen) atoms. The SMILES string of the molecule is CC1=C2C(=CC(C)(C)[C@@H]2O)C(O)[C@](C)(O)C12CC2. The van der Waals surface area contributed by atoms with Crippen molar-refractivity contribution in [2.24, 2.45) is 10.8 Å². The lowest BCUT2D eigenvalue weighted by molar-refractivity contribution is -0.0900. The van der Waals surface area contributed by atoms with Gasteiger partial charge in [-0.15, -0.1) is 0 Å². The normalized spacial score (nSPS) is 44.1. The average Bonchev–Trinajstić information content (AvgIpc) is 3.02. The van der Waals surface area contributed by atoms with Gasteiger partial charge >= 0.3 is 0 Å². The van der Waals surface area contributed by atoms with Crippen LogP contribution in [0.3, 0.4) is 0 Å². The van der Waals surface area contributed by atoms with Gasteiger partial charge in [0.2, 0.25) is 0 Å². The molecule has 1 saturated carbocycles. The van der Waals surface area contributed by atoms with E-state index < -0.39 is 17.8 Å². The van der Waals surface area contributed by atoms with E-state index in [1.165, 1.54) is 0 Å². The summed E-state index contributed by atoms with van der Waals surface area (Å²) in [5, 5.41) is 31.7. The lowest BCUT2D eigenvalue weighted by Crippen LogP contribution is -2.52. The highest BCUT2D eigenvalue weighted by Gasteiger charge is 2.65. The van der Waals surface area contributed by atoms with Gasteiger partial charge in [-0.1, -0.05) is 25.5 Å². The van der Waals surface area contributed by atoms with Gasteiger partial charge in [0.25, 0.3) is 0 Å². The maximum Gasteiger partial charge on any atom is 0.108 e. The lowest BCUT2D eigenvalue weighted by Gasteiger charge is -2.44. The highest BCUT2D eigenvalue weighted by molar-refractivity contribution is 5.56. The van der Waals surface area contributed by atoms with Crippen LogP contribution in [0.5, 0.6) is 0 Å². The van der Waals surface area contributed by atoms with Gasteiger partial charge in [0, 0.05) is 10.8 Å². The van der Waals surface area contributed by atoms with E-state index in [1.54, 1.807) is 6.92 Å². The zero-order valence-electron chi connectivity index (χ0n) is 11.5. The molecule has 3 atom stereocenters. The van der Waals surface area contributed by atoms with Crippen LogP contribution in [0.15, 0.2) is 22.8 Å². The van der Waals surface area contributed by atoms with Crippen LogP contribution < -0.4 is 0 Å². The van der Waals surface area contributed by atoms with Crippen LogP contribution in [0, 0.1) is 10.8 Å². The molecule has 0 amide bonds. The van der Waals surface area contributed by atoms with Crippen LogP contribution in [0.25, 0.3) is 0 Å². The molecule has 1 spiro atoms. The van der Waals surface area contributed by atoms with Crippen molar-refractivity contribution in [3.8, 4) is 0 Å². The second-order valence-electron chi connectivity index (χ2n) is 6.99. The third kappa shape index (κ3) is 1.16. The van der Waals surface area contributed by atoms with Crippen molar-refractivity contribution >= 4 is 0 Å². The molecule has 0 heterocycles. The summed E-state index contributed by atoms with van der Waals surface area (Å²) in [5.74, 6) is 0. The van der Waals surface area contributed by atoms with E-state index in [2.05, 4.69) is 0 Å². The second kappa shape index (κ2) is 3.09. The number of aliphatic hydroxyl groups excluding tert-OH is 2. The first-order chi connectivity index (χ1) is 8.15. The summed E-state index contributed by atoms with van der Waals surface area (Å²) in [6.45, 7) is 7.65. The Morgan fingerprint density at radius 2 is 1.67 bits per heavy atom. The topological polar surface area (TPSA) is 60.7 Å². The molecule has 3 N–H and O–H groups in total. The zero-order valence-corrected chi connectivity index (χ0v) is 11.5. The second-order valence-corrected chi connectivity index (χ2v) is 6.99. The fourth-order valence-electron chi connectivity index (χ4n) is 3.94. The maximum absolute atomic E-state index is 10.7. The minimum atomic E-state index is -1.12. The standard InChI is InChI=1S/C15H22O3/c1-8-10-9(7-13(2,3)12(10)17)11(16)14(4,18)15(8)5-6-15/h7,11-12,16-18H,5-6H2,1-4H3/t11?,12-,14+/m1/s1. The molecule has 0 radical (unpaired) electrons. The van der Waals surface area contributed by atoms with Gasteiger partial charge in [0.1, 0.15) is 11.7 Å². The molecule has 3 nitrogen and oxygen atoms in total. The minimum absolute atomic E-state index is 0.319. The van der Waals surface area contributed by atoms with Crippen molar-refractivity contribution in [3.05, 3.63) is 22.8 Å². The number of aliphatic hydroxyl groups is 3. The van der Waals surface area contributed by atoms with Crippen LogP contribution in [-0.2, 0) is 0 Å². The summed E-state index contributed by atoms with van der Waals surface area (Å²) >= 11 is 0. The van der Waals surface area contributed by atoms with Gasteiger partial charge in [-0.2, -0.15) is 0 Å². The predicted octanol–water partition coefficient (Wildman–Crippen LogP) is 1.54. The predicted molar refractivity (Wildman–Crippen MR) is 68.9 cm³/mol. The minimum Gasteiger partial charge on any atom is -0.388 e. The van der Waals surface area contributed by atoms with E-state index >= 15 is 0 Å². The Bertz CT molecular complexity index is 478. The summed E-state index contributed by atoms with van der Waals surface area (Å²) in [4.78, 5) is 0. The summed E-state index contributed by atoms with van der Waals surface area (Å²) in [6.07, 6.45) is 2.25. The van der Waals surface area contributed by atoms with E-state index in [1.807, 2.05) is 26.8 Å². The molecule has 1 unspecified atom stereocenters. The first-order valence-corrected chi connectivity index (χ1v) is 6.68. The van der Waals surface area contributed by atoms with Crippen molar-refractivity contribution in [2.75, 3.05) is 0 Å². The third-order valence-corrected chi connectivity index (χ3v) is 5.48. The molecule has 1 fully saturated rings. The Hall–Kier alpha value is -0.640. The molecular weight excluding hydrogens is 228 g/mol. The fraction of sp³-hybridized carbons (Fsp3) is 0.733. The van der Waals surface area contributed by atoms with Crippen molar-refractivity contribution in [1.29, 1.82) is 0 Å². The van der Waals surface area contributed by atoms with E-state index in [4.69, 9.17) is 0 Å². The van der Waals surface area contributed by atoms with Crippen molar-refractivity contribution in [1.82, 2.24) is 0 Å². The first-order valence-electron chi connectivity index (χ1n) is 6.68. The number of rotatable bonds is 0. The van der Waals surface area contributed by atoms with Gasteiger partial charge in [-0.25, -0.2) is 0 Å². The molecule has 0 aromatic rings. The van der Waals surface area contributed by atoms with E-state index in [9.17, 15) is 15.3 Å². The Morgan fingerprint density at radius 3 is 2.17 bits per heavy atom. The van der Waals surface area contributed by atoms with Crippen LogP contribution in [0.4, 0.5) is 0 Å². The Balaban J connectivity index is 2.24. The van der Waals surface area contributed by atoms with Crippen LogP contribution >= 0.6 is 0 Å². The number of fused-ring (bicyclic) bond motifs is 1. The molecular formula is C15H22O3. The number of hydrogen-bond acceptors (Lipinski definition) is 3. The van der Waals surface area contributed by atoms with Gasteiger partial charge in [0.05, 0.1) is 6.10 Å².